The predicted molar refractivity (Wildman–Crippen MR) is 88.9 cm³/mol. The third kappa shape index (κ3) is 2.75. The maximum absolute atomic E-state index is 12.4. The number of esters is 1. The van der Waals surface area contributed by atoms with Crippen molar-refractivity contribution in [3.8, 4) is 11.3 Å². The van der Waals surface area contributed by atoms with Gasteiger partial charge in [0.25, 0.3) is 0 Å². The quantitative estimate of drug-likeness (QED) is 0.711. The Balaban J connectivity index is 2.07. The Kier molecular flexibility index (Phi) is 3.96. The molecule has 0 aliphatic heterocycles. The zero-order chi connectivity index (χ0) is 15.5. The van der Waals surface area contributed by atoms with E-state index in [4.69, 9.17) is 4.74 Å². The molecule has 1 aromatic heterocycles. The maximum atomic E-state index is 12.4. The lowest BCUT2D eigenvalue weighted by atomic mass is 10.1. The van der Waals surface area contributed by atoms with E-state index in [1.165, 1.54) is 0 Å². The standard InChI is InChI=1S/C19H19NO2/c1-13(2)12-22-19(21)18-16-11-7-6-10-15(16)17(20-18)14-8-4-3-5-9-14/h3-11,13,20H,12H2,1-2H3. The van der Waals surface area contributed by atoms with Gasteiger partial charge in [-0.15, -0.1) is 0 Å². The van der Waals surface area contributed by atoms with Gasteiger partial charge in [0.05, 0.1) is 12.3 Å². The van der Waals surface area contributed by atoms with Crippen molar-refractivity contribution in [1.29, 1.82) is 0 Å². The Morgan fingerprint density at radius 2 is 1.64 bits per heavy atom. The summed E-state index contributed by atoms with van der Waals surface area (Å²) in [5.41, 5.74) is 2.53. The minimum Gasteiger partial charge on any atom is -0.461 e. The van der Waals surface area contributed by atoms with Gasteiger partial charge < -0.3 is 9.72 Å². The predicted octanol–water partition coefficient (Wildman–Crippen LogP) is 4.65. The van der Waals surface area contributed by atoms with Gasteiger partial charge in [-0.3, -0.25) is 0 Å². The number of carbonyl (C=O) groups excluding carboxylic acids is 1. The maximum Gasteiger partial charge on any atom is 0.355 e. The van der Waals surface area contributed by atoms with E-state index in [-0.39, 0.29) is 5.97 Å². The number of nitrogens with one attached hydrogen (secondary N) is 1. The number of ether oxygens (including phenoxy) is 1. The van der Waals surface area contributed by atoms with Crippen molar-refractivity contribution < 1.29 is 9.53 Å². The molecule has 2 aromatic carbocycles. The molecule has 0 spiro atoms. The second-order valence-electron chi connectivity index (χ2n) is 5.78. The zero-order valence-corrected chi connectivity index (χ0v) is 12.8. The van der Waals surface area contributed by atoms with Gasteiger partial charge in [-0.2, -0.15) is 0 Å². The SMILES string of the molecule is CC(C)COC(=O)c1[nH]c(-c2ccccc2)c2ccccc12. The van der Waals surface area contributed by atoms with E-state index in [9.17, 15) is 4.79 Å². The van der Waals surface area contributed by atoms with Crippen molar-refractivity contribution in [3.05, 3.63) is 60.3 Å². The molecule has 112 valence electrons. The summed E-state index contributed by atoms with van der Waals surface area (Å²) in [6.45, 7) is 4.47. The smallest absolute Gasteiger partial charge is 0.355 e. The number of H-pyrrole nitrogens is 1. The molecule has 0 atom stereocenters. The monoisotopic (exact) mass is 293 g/mol. The molecule has 1 N–H and O–H groups in total. The number of benzene rings is 2. The number of aromatic amines is 1. The molecule has 3 nitrogen and oxygen atoms in total. The first kappa shape index (κ1) is 14.4. The van der Waals surface area contributed by atoms with E-state index < -0.39 is 0 Å². The molecular formula is C19H19NO2. The molecule has 0 aliphatic rings. The Morgan fingerprint density at radius 1 is 1.00 bits per heavy atom. The van der Waals surface area contributed by atoms with Crippen LogP contribution >= 0.6 is 0 Å². The number of hydrogen-bond donors (Lipinski definition) is 1. The molecule has 0 amide bonds. The number of aromatic nitrogens is 1. The normalized spacial score (nSPS) is 11.0. The van der Waals surface area contributed by atoms with Crippen LogP contribution < -0.4 is 0 Å². The van der Waals surface area contributed by atoms with Crippen LogP contribution in [-0.4, -0.2) is 17.6 Å². The lowest BCUT2D eigenvalue weighted by Gasteiger charge is -2.06. The molecule has 0 aliphatic carbocycles. The summed E-state index contributed by atoms with van der Waals surface area (Å²) in [4.78, 5) is 15.6. The van der Waals surface area contributed by atoms with Crippen LogP contribution in [0, 0.1) is 5.92 Å². The van der Waals surface area contributed by atoms with Gasteiger partial charge in [-0.25, -0.2) is 4.79 Å². The lowest BCUT2D eigenvalue weighted by Crippen LogP contribution is -2.10. The Morgan fingerprint density at radius 3 is 2.32 bits per heavy atom. The summed E-state index contributed by atoms with van der Waals surface area (Å²) in [6.07, 6.45) is 0. The number of fused-ring (bicyclic) bond motifs is 1. The van der Waals surface area contributed by atoms with E-state index in [1.54, 1.807) is 0 Å². The fourth-order valence-corrected chi connectivity index (χ4v) is 2.49. The van der Waals surface area contributed by atoms with Crippen molar-refractivity contribution in [1.82, 2.24) is 4.98 Å². The van der Waals surface area contributed by atoms with Crippen molar-refractivity contribution >= 4 is 16.7 Å². The van der Waals surface area contributed by atoms with Crippen molar-refractivity contribution in [2.45, 2.75) is 13.8 Å². The van der Waals surface area contributed by atoms with E-state index in [2.05, 4.69) is 4.98 Å². The van der Waals surface area contributed by atoms with Crippen LogP contribution in [0.25, 0.3) is 22.0 Å². The summed E-state index contributed by atoms with van der Waals surface area (Å²) in [5.74, 6) is 0.0193. The van der Waals surface area contributed by atoms with Gasteiger partial charge in [0.1, 0.15) is 5.69 Å². The minimum atomic E-state index is -0.299. The van der Waals surface area contributed by atoms with Gasteiger partial charge in [0.15, 0.2) is 0 Å². The fraction of sp³-hybridized carbons (Fsp3) is 0.211. The summed E-state index contributed by atoms with van der Waals surface area (Å²) in [5, 5.41) is 1.93. The molecule has 0 fully saturated rings. The largest absolute Gasteiger partial charge is 0.461 e. The van der Waals surface area contributed by atoms with Crippen molar-refractivity contribution in [2.24, 2.45) is 5.92 Å². The lowest BCUT2D eigenvalue weighted by molar-refractivity contribution is 0.0455. The van der Waals surface area contributed by atoms with Crippen molar-refractivity contribution in [3.63, 3.8) is 0 Å². The fourth-order valence-electron chi connectivity index (χ4n) is 2.49. The molecule has 3 rings (SSSR count). The Bertz CT molecular complexity index is 788. The first-order valence-corrected chi connectivity index (χ1v) is 7.50. The van der Waals surface area contributed by atoms with Crippen LogP contribution in [0.1, 0.15) is 24.3 Å². The van der Waals surface area contributed by atoms with Crippen LogP contribution in [0.3, 0.4) is 0 Å². The molecule has 3 heteroatoms. The highest BCUT2D eigenvalue weighted by Gasteiger charge is 2.18. The highest BCUT2D eigenvalue weighted by Crippen LogP contribution is 2.30. The third-order valence-corrected chi connectivity index (χ3v) is 3.53. The topological polar surface area (TPSA) is 42.1 Å². The first-order chi connectivity index (χ1) is 10.7. The molecule has 0 saturated heterocycles. The Hall–Kier alpha value is -2.55. The van der Waals surface area contributed by atoms with Gasteiger partial charge in [0, 0.05) is 10.8 Å². The first-order valence-electron chi connectivity index (χ1n) is 7.50. The molecule has 0 unspecified atom stereocenters. The van der Waals surface area contributed by atoms with Gasteiger partial charge in [0.2, 0.25) is 0 Å². The number of rotatable bonds is 4. The molecule has 22 heavy (non-hydrogen) atoms. The van der Waals surface area contributed by atoms with Gasteiger partial charge in [-0.05, 0) is 11.5 Å². The minimum absolute atomic E-state index is 0.299. The summed E-state index contributed by atoms with van der Waals surface area (Å²) in [7, 11) is 0. The molecule has 0 saturated carbocycles. The molecule has 1 heterocycles. The number of carbonyl (C=O) groups is 1. The second-order valence-corrected chi connectivity index (χ2v) is 5.78. The summed E-state index contributed by atoms with van der Waals surface area (Å²) in [6, 6.07) is 17.9. The van der Waals surface area contributed by atoms with E-state index >= 15 is 0 Å². The zero-order valence-electron chi connectivity index (χ0n) is 12.8. The van der Waals surface area contributed by atoms with Crippen LogP contribution in [0.2, 0.25) is 0 Å². The van der Waals surface area contributed by atoms with Gasteiger partial charge >= 0.3 is 5.97 Å². The van der Waals surface area contributed by atoms with E-state index in [0.717, 1.165) is 22.0 Å². The molecule has 0 bridgehead atoms. The molecule has 3 aromatic rings. The van der Waals surface area contributed by atoms with E-state index in [0.29, 0.717) is 18.2 Å². The van der Waals surface area contributed by atoms with Crippen LogP contribution in [0.5, 0.6) is 0 Å². The average molecular weight is 293 g/mol. The van der Waals surface area contributed by atoms with E-state index in [1.807, 2.05) is 68.4 Å². The summed E-state index contributed by atoms with van der Waals surface area (Å²) < 4.78 is 5.38. The number of hydrogen-bond acceptors (Lipinski definition) is 2. The average Bonchev–Trinajstić information content (AvgIpc) is 2.93. The second kappa shape index (κ2) is 6.06. The third-order valence-electron chi connectivity index (χ3n) is 3.53. The highest BCUT2D eigenvalue weighted by molar-refractivity contribution is 6.08. The Labute approximate surface area is 129 Å². The molecular weight excluding hydrogens is 274 g/mol. The van der Waals surface area contributed by atoms with Crippen LogP contribution in [0.15, 0.2) is 54.6 Å². The molecule has 0 radical (unpaired) electrons. The van der Waals surface area contributed by atoms with Crippen molar-refractivity contribution in [2.75, 3.05) is 6.61 Å². The summed E-state index contributed by atoms with van der Waals surface area (Å²) >= 11 is 0. The van der Waals surface area contributed by atoms with Crippen LogP contribution in [-0.2, 0) is 4.74 Å². The van der Waals surface area contributed by atoms with Crippen LogP contribution in [0.4, 0.5) is 0 Å². The van der Waals surface area contributed by atoms with Gasteiger partial charge in [-0.1, -0.05) is 68.4 Å². The highest BCUT2D eigenvalue weighted by atomic mass is 16.5.